The molecule has 0 fully saturated rings. The quantitative estimate of drug-likeness (QED) is 0.662. The average Bonchev–Trinajstić information content (AvgIpc) is 3.20. The Balaban J connectivity index is 1.67. The van der Waals surface area contributed by atoms with E-state index in [1.165, 1.54) is 4.90 Å². The second-order valence-corrected chi connectivity index (χ2v) is 6.66. The molecular weight excluding hydrogens is 390 g/mol. The van der Waals surface area contributed by atoms with Gasteiger partial charge in [-0.1, -0.05) is 6.07 Å². The third-order valence-corrected chi connectivity index (χ3v) is 4.75. The summed E-state index contributed by atoms with van der Waals surface area (Å²) in [6.07, 6.45) is -2.90. The number of halogens is 4. The first-order valence-electron chi connectivity index (χ1n) is 8.77. The van der Waals surface area contributed by atoms with Crippen molar-refractivity contribution < 1.29 is 22.4 Å². The molecule has 0 saturated carbocycles. The number of aryl methyl sites for hydroxylation is 1. The average molecular weight is 405 g/mol. The zero-order valence-electron chi connectivity index (χ0n) is 15.2. The van der Waals surface area contributed by atoms with Crippen LogP contribution in [0.3, 0.4) is 0 Å². The van der Waals surface area contributed by atoms with Crippen LogP contribution in [0.5, 0.6) is 0 Å². The first kappa shape index (κ1) is 19.0. The number of rotatable bonds is 2. The van der Waals surface area contributed by atoms with Gasteiger partial charge in [-0.2, -0.15) is 18.3 Å². The van der Waals surface area contributed by atoms with Gasteiger partial charge in [0, 0.05) is 18.3 Å². The Hall–Kier alpha value is -3.30. The van der Waals surface area contributed by atoms with E-state index >= 15 is 0 Å². The summed E-state index contributed by atoms with van der Waals surface area (Å²) >= 11 is 0. The van der Waals surface area contributed by atoms with E-state index in [9.17, 15) is 22.4 Å². The van der Waals surface area contributed by atoms with E-state index < -0.39 is 29.0 Å². The number of H-pyrrole nitrogens is 1. The van der Waals surface area contributed by atoms with Gasteiger partial charge >= 0.3 is 6.18 Å². The summed E-state index contributed by atoms with van der Waals surface area (Å²) in [5.74, 6) is -1.89. The zero-order valence-corrected chi connectivity index (χ0v) is 15.2. The largest absolute Gasteiger partial charge is 0.419 e. The minimum atomic E-state index is -4.88. The molecule has 0 spiro atoms. The minimum absolute atomic E-state index is 0.0499. The second-order valence-electron chi connectivity index (χ2n) is 6.66. The predicted octanol–water partition coefficient (Wildman–Crippen LogP) is 3.53. The molecule has 2 aromatic heterocycles. The Bertz CT molecular complexity index is 1080. The van der Waals surface area contributed by atoms with E-state index in [0.29, 0.717) is 35.4 Å². The van der Waals surface area contributed by atoms with Crippen LogP contribution < -0.4 is 0 Å². The van der Waals surface area contributed by atoms with Crippen LogP contribution in [-0.4, -0.2) is 37.5 Å². The maximum absolute atomic E-state index is 14.4. The number of aromatic amines is 1. The lowest BCUT2D eigenvalue weighted by atomic mass is 9.99. The number of carbonyl (C=O) groups excluding carboxylic acids is 1. The molecule has 3 aromatic rings. The van der Waals surface area contributed by atoms with Crippen molar-refractivity contribution in [1.82, 2.24) is 25.1 Å². The molecule has 1 aliphatic rings. The number of alkyl halides is 3. The van der Waals surface area contributed by atoms with Gasteiger partial charge in [0.25, 0.3) is 5.91 Å². The molecule has 0 aliphatic carbocycles. The molecule has 29 heavy (non-hydrogen) atoms. The highest BCUT2D eigenvalue weighted by Gasteiger charge is 2.37. The summed E-state index contributed by atoms with van der Waals surface area (Å²) < 4.78 is 53.3. The molecular formula is C19H15F4N5O. The Labute approximate surface area is 162 Å². The van der Waals surface area contributed by atoms with Crippen molar-refractivity contribution in [1.29, 1.82) is 0 Å². The summed E-state index contributed by atoms with van der Waals surface area (Å²) in [6, 6.07) is 4.46. The van der Waals surface area contributed by atoms with Crippen molar-refractivity contribution in [3.05, 3.63) is 64.5 Å². The molecule has 0 bridgehead atoms. The Morgan fingerprint density at radius 1 is 1.21 bits per heavy atom. The SMILES string of the molecule is Cc1nc2c(c(-c3ccn[nH]3)n1)CCN(C(=O)c1cccc(C(F)(F)F)c1F)C2. The highest BCUT2D eigenvalue weighted by atomic mass is 19.4. The standard InChI is InChI=1S/C19H15F4N5O/c1-10-25-15-9-28(8-6-11(15)17(26-10)14-5-7-24-27-14)18(29)12-3-2-4-13(16(12)20)19(21,22)23/h2-5,7H,6,8-9H2,1H3,(H,24,27). The highest BCUT2D eigenvalue weighted by Crippen LogP contribution is 2.33. The van der Waals surface area contributed by atoms with Crippen molar-refractivity contribution >= 4 is 5.91 Å². The number of benzene rings is 1. The number of fused-ring (bicyclic) bond motifs is 1. The fourth-order valence-electron chi connectivity index (χ4n) is 3.42. The molecule has 1 aromatic carbocycles. The fraction of sp³-hybridized carbons (Fsp3) is 0.263. The van der Waals surface area contributed by atoms with Crippen LogP contribution in [0.4, 0.5) is 17.6 Å². The van der Waals surface area contributed by atoms with Crippen LogP contribution in [0, 0.1) is 12.7 Å². The molecule has 0 radical (unpaired) electrons. The van der Waals surface area contributed by atoms with Crippen molar-refractivity contribution in [3.63, 3.8) is 0 Å². The second kappa shape index (κ2) is 6.94. The summed E-state index contributed by atoms with van der Waals surface area (Å²) in [6.45, 7) is 1.96. The summed E-state index contributed by atoms with van der Waals surface area (Å²) in [7, 11) is 0. The predicted molar refractivity (Wildman–Crippen MR) is 94.2 cm³/mol. The molecule has 6 nitrogen and oxygen atoms in total. The van der Waals surface area contributed by atoms with Crippen molar-refractivity contribution in [3.8, 4) is 11.4 Å². The van der Waals surface area contributed by atoms with Crippen LogP contribution >= 0.6 is 0 Å². The number of carbonyl (C=O) groups is 1. The van der Waals surface area contributed by atoms with E-state index in [4.69, 9.17) is 0 Å². The lowest BCUT2D eigenvalue weighted by Crippen LogP contribution is -2.37. The third kappa shape index (κ3) is 3.45. The van der Waals surface area contributed by atoms with Gasteiger partial charge < -0.3 is 4.90 Å². The molecule has 0 unspecified atom stereocenters. The Kier molecular flexibility index (Phi) is 4.56. The van der Waals surface area contributed by atoms with Gasteiger partial charge in [-0.05, 0) is 31.5 Å². The first-order valence-corrected chi connectivity index (χ1v) is 8.77. The van der Waals surface area contributed by atoms with Gasteiger partial charge in [0.15, 0.2) is 0 Å². The number of nitrogens with zero attached hydrogens (tertiary/aromatic N) is 4. The van der Waals surface area contributed by atoms with Gasteiger partial charge in [-0.15, -0.1) is 0 Å². The van der Waals surface area contributed by atoms with E-state index in [0.717, 1.165) is 17.7 Å². The summed E-state index contributed by atoms with van der Waals surface area (Å²) in [5, 5.41) is 6.76. The van der Waals surface area contributed by atoms with Crippen LogP contribution in [0.1, 0.15) is 33.0 Å². The van der Waals surface area contributed by atoms with Crippen LogP contribution in [0.2, 0.25) is 0 Å². The molecule has 0 saturated heterocycles. The van der Waals surface area contributed by atoms with Crippen LogP contribution in [0.15, 0.2) is 30.5 Å². The highest BCUT2D eigenvalue weighted by molar-refractivity contribution is 5.95. The number of hydrogen-bond donors (Lipinski definition) is 1. The molecule has 1 amide bonds. The molecule has 1 N–H and O–H groups in total. The minimum Gasteiger partial charge on any atom is -0.332 e. The Morgan fingerprint density at radius 2 is 2.00 bits per heavy atom. The summed E-state index contributed by atoms with van der Waals surface area (Å²) in [4.78, 5) is 22.9. The van der Waals surface area contributed by atoms with Crippen LogP contribution in [-0.2, 0) is 19.1 Å². The first-order chi connectivity index (χ1) is 13.8. The van der Waals surface area contributed by atoms with Gasteiger partial charge in [-0.3, -0.25) is 9.89 Å². The van der Waals surface area contributed by atoms with Crippen molar-refractivity contribution in [2.24, 2.45) is 0 Å². The monoisotopic (exact) mass is 405 g/mol. The fourth-order valence-corrected chi connectivity index (χ4v) is 3.42. The number of aromatic nitrogens is 4. The molecule has 1 aliphatic heterocycles. The zero-order chi connectivity index (χ0) is 20.8. The molecule has 4 rings (SSSR count). The topological polar surface area (TPSA) is 74.8 Å². The molecule has 150 valence electrons. The maximum Gasteiger partial charge on any atom is 0.419 e. The summed E-state index contributed by atoms with van der Waals surface area (Å²) in [5.41, 5.74) is 0.712. The van der Waals surface area contributed by atoms with E-state index in [1.54, 1.807) is 19.2 Å². The van der Waals surface area contributed by atoms with Gasteiger partial charge in [0.1, 0.15) is 11.6 Å². The van der Waals surface area contributed by atoms with Crippen molar-refractivity contribution in [2.45, 2.75) is 26.1 Å². The lowest BCUT2D eigenvalue weighted by Gasteiger charge is -2.29. The lowest BCUT2D eigenvalue weighted by molar-refractivity contribution is -0.140. The molecule has 3 heterocycles. The van der Waals surface area contributed by atoms with E-state index in [1.807, 2.05) is 0 Å². The van der Waals surface area contributed by atoms with Crippen LogP contribution in [0.25, 0.3) is 11.4 Å². The van der Waals surface area contributed by atoms with Crippen molar-refractivity contribution in [2.75, 3.05) is 6.54 Å². The maximum atomic E-state index is 14.4. The van der Waals surface area contributed by atoms with Gasteiger partial charge in [0.2, 0.25) is 0 Å². The van der Waals surface area contributed by atoms with Gasteiger partial charge in [0.05, 0.1) is 34.8 Å². The normalized spacial score (nSPS) is 14.0. The number of amides is 1. The molecule has 10 heteroatoms. The van der Waals surface area contributed by atoms with Gasteiger partial charge in [-0.25, -0.2) is 14.4 Å². The molecule has 0 atom stereocenters. The van der Waals surface area contributed by atoms with E-state index in [2.05, 4.69) is 20.2 Å². The number of hydrogen-bond acceptors (Lipinski definition) is 4. The van der Waals surface area contributed by atoms with E-state index in [-0.39, 0.29) is 13.1 Å². The number of nitrogens with one attached hydrogen (secondary N) is 1. The Morgan fingerprint density at radius 3 is 2.69 bits per heavy atom. The third-order valence-electron chi connectivity index (χ3n) is 4.75. The smallest absolute Gasteiger partial charge is 0.332 e.